The first-order valence-electron chi connectivity index (χ1n) is 6.17. The normalized spacial score (nSPS) is 21.2. The molecule has 2 aliphatic rings. The van der Waals surface area contributed by atoms with Crippen molar-refractivity contribution < 1.29 is 4.74 Å². The van der Waals surface area contributed by atoms with Crippen LogP contribution in [0, 0.1) is 0 Å². The Balaban J connectivity index is 1.57. The molecule has 0 radical (unpaired) electrons. The van der Waals surface area contributed by atoms with Crippen LogP contribution < -0.4 is 5.32 Å². The first kappa shape index (κ1) is 10.2. The van der Waals surface area contributed by atoms with Gasteiger partial charge in [0.1, 0.15) is 12.4 Å². The fourth-order valence-electron chi connectivity index (χ4n) is 2.47. The predicted molar refractivity (Wildman–Crippen MR) is 59.0 cm³/mol. The van der Waals surface area contributed by atoms with Crippen molar-refractivity contribution in [2.24, 2.45) is 0 Å². The highest BCUT2D eigenvalue weighted by Gasteiger charge is 2.19. The van der Waals surface area contributed by atoms with E-state index in [9.17, 15) is 0 Å². The molecule has 1 aromatic rings. The molecule has 0 aliphatic carbocycles. The molecular weight excluding hydrogens is 204 g/mol. The van der Waals surface area contributed by atoms with Crippen molar-refractivity contribution in [1.29, 1.82) is 0 Å². The number of aromatic nitrogens is 3. The monoisotopic (exact) mass is 222 g/mol. The van der Waals surface area contributed by atoms with Crippen LogP contribution in [0.2, 0.25) is 0 Å². The number of fused-ring (bicyclic) bond motifs is 1. The summed E-state index contributed by atoms with van der Waals surface area (Å²) in [6.07, 6.45) is 4.89. The van der Waals surface area contributed by atoms with E-state index in [1.54, 1.807) is 0 Å². The molecule has 0 saturated carbocycles. The molecule has 1 fully saturated rings. The van der Waals surface area contributed by atoms with Gasteiger partial charge in [0.15, 0.2) is 5.82 Å². The fourth-order valence-corrected chi connectivity index (χ4v) is 2.47. The second-order valence-electron chi connectivity index (χ2n) is 4.55. The minimum absolute atomic E-state index is 0.399. The standard InChI is InChI=1S/C11H18N4O/c1-2-10-13-14-11(15(10)7-1)8-16-9-3-5-12-6-4-9/h9,12H,1-8H2. The SMILES string of the molecule is C1Cc2nnc(COC3CCNCC3)n2C1. The maximum Gasteiger partial charge on any atom is 0.159 e. The minimum Gasteiger partial charge on any atom is -0.370 e. The molecule has 0 amide bonds. The Morgan fingerprint density at radius 3 is 3.06 bits per heavy atom. The van der Waals surface area contributed by atoms with Crippen LogP contribution in [0.3, 0.4) is 0 Å². The Hall–Kier alpha value is -0.940. The lowest BCUT2D eigenvalue weighted by molar-refractivity contribution is 0.0164. The molecule has 0 bridgehead atoms. The van der Waals surface area contributed by atoms with Crippen molar-refractivity contribution >= 4 is 0 Å². The van der Waals surface area contributed by atoms with Gasteiger partial charge < -0.3 is 14.6 Å². The van der Waals surface area contributed by atoms with E-state index in [4.69, 9.17) is 4.74 Å². The lowest BCUT2D eigenvalue weighted by Crippen LogP contribution is -2.32. The number of ether oxygens (including phenoxy) is 1. The van der Waals surface area contributed by atoms with Gasteiger partial charge in [-0.15, -0.1) is 10.2 Å². The molecule has 2 aliphatic heterocycles. The highest BCUT2D eigenvalue weighted by Crippen LogP contribution is 2.16. The molecule has 88 valence electrons. The van der Waals surface area contributed by atoms with Gasteiger partial charge in [-0.1, -0.05) is 0 Å². The number of nitrogens with zero attached hydrogens (tertiary/aromatic N) is 3. The molecule has 0 unspecified atom stereocenters. The van der Waals surface area contributed by atoms with Crippen molar-refractivity contribution in [2.75, 3.05) is 13.1 Å². The molecule has 0 spiro atoms. The van der Waals surface area contributed by atoms with Gasteiger partial charge in [-0.25, -0.2) is 0 Å². The lowest BCUT2D eigenvalue weighted by atomic mass is 10.1. The third-order valence-electron chi connectivity index (χ3n) is 3.42. The van der Waals surface area contributed by atoms with Crippen molar-refractivity contribution in [3.63, 3.8) is 0 Å². The highest BCUT2D eigenvalue weighted by molar-refractivity contribution is 4.99. The van der Waals surface area contributed by atoms with Crippen LogP contribution in [0.1, 0.15) is 30.9 Å². The summed E-state index contributed by atoms with van der Waals surface area (Å²) in [7, 11) is 0. The smallest absolute Gasteiger partial charge is 0.159 e. The average Bonchev–Trinajstić information content (AvgIpc) is 2.90. The van der Waals surface area contributed by atoms with Crippen LogP contribution in [0.5, 0.6) is 0 Å². The van der Waals surface area contributed by atoms with Crippen LogP contribution >= 0.6 is 0 Å². The topological polar surface area (TPSA) is 52.0 Å². The van der Waals surface area contributed by atoms with Crippen LogP contribution in [0.4, 0.5) is 0 Å². The summed E-state index contributed by atoms with van der Waals surface area (Å²) in [5.41, 5.74) is 0. The summed E-state index contributed by atoms with van der Waals surface area (Å²) >= 11 is 0. The molecule has 1 N–H and O–H groups in total. The second-order valence-corrected chi connectivity index (χ2v) is 4.55. The molecule has 0 atom stereocenters. The number of aryl methyl sites for hydroxylation is 1. The summed E-state index contributed by atoms with van der Waals surface area (Å²) in [5.74, 6) is 2.13. The maximum atomic E-state index is 5.89. The first-order chi connectivity index (χ1) is 7.93. The van der Waals surface area contributed by atoms with Crippen molar-refractivity contribution in [3.8, 4) is 0 Å². The van der Waals surface area contributed by atoms with Crippen molar-refractivity contribution in [3.05, 3.63) is 11.6 Å². The Kier molecular flexibility index (Phi) is 2.88. The van der Waals surface area contributed by atoms with Crippen LogP contribution in [-0.4, -0.2) is 34.0 Å². The van der Waals surface area contributed by atoms with E-state index in [0.29, 0.717) is 12.7 Å². The number of hydrogen-bond acceptors (Lipinski definition) is 4. The summed E-state index contributed by atoms with van der Waals surface area (Å²) in [5, 5.41) is 11.7. The van der Waals surface area contributed by atoms with Gasteiger partial charge in [0.2, 0.25) is 0 Å². The summed E-state index contributed by atoms with van der Waals surface area (Å²) in [6, 6.07) is 0. The van der Waals surface area contributed by atoms with Gasteiger partial charge in [-0.3, -0.25) is 0 Å². The van der Waals surface area contributed by atoms with Gasteiger partial charge in [-0.2, -0.15) is 0 Å². The third kappa shape index (κ3) is 1.97. The molecule has 16 heavy (non-hydrogen) atoms. The molecule has 5 heteroatoms. The summed E-state index contributed by atoms with van der Waals surface area (Å²) in [4.78, 5) is 0. The van der Waals surface area contributed by atoms with E-state index in [1.165, 1.54) is 6.42 Å². The van der Waals surface area contributed by atoms with E-state index in [-0.39, 0.29) is 0 Å². The highest BCUT2D eigenvalue weighted by atomic mass is 16.5. The van der Waals surface area contributed by atoms with E-state index < -0.39 is 0 Å². The second kappa shape index (κ2) is 4.51. The van der Waals surface area contributed by atoms with Gasteiger partial charge >= 0.3 is 0 Å². The Bertz CT molecular complexity index is 357. The van der Waals surface area contributed by atoms with Crippen molar-refractivity contribution in [1.82, 2.24) is 20.1 Å². The quantitative estimate of drug-likeness (QED) is 0.809. The molecular formula is C11H18N4O. The molecule has 3 rings (SSSR count). The van der Waals surface area contributed by atoms with Crippen LogP contribution in [0.25, 0.3) is 0 Å². The van der Waals surface area contributed by atoms with E-state index in [2.05, 4.69) is 20.1 Å². The van der Waals surface area contributed by atoms with Crippen molar-refractivity contribution in [2.45, 2.75) is 44.9 Å². The van der Waals surface area contributed by atoms with E-state index >= 15 is 0 Å². The molecule has 0 aromatic carbocycles. The maximum absolute atomic E-state index is 5.89. The predicted octanol–water partition coefficient (Wildman–Crippen LogP) is 0.493. The Labute approximate surface area is 95.2 Å². The average molecular weight is 222 g/mol. The number of piperidine rings is 1. The largest absolute Gasteiger partial charge is 0.370 e. The van der Waals surface area contributed by atoms with Crippen LogP contribution in [-0.2, 0) is 24.3 Å². The zero-order valence-corrected chi connectivity index (χ0v) is 9.48. The number of nitrogens with one attached hydrogen (secondary N) is 1. The Morgan fingerprint density at radius 2 is 2.19 bits per heavy atom. The third-order valence-corrected chi connectivity index (χ3v) is 3.42. The van der Waals surface area contributed by atoms with Gasteiger partial charge in [0.25, 0.3) is 0 Å². The van der Waals surface area contributed by atoms with E-state index in [1.807, 2.05) is 0 Å². The van der Waals surface area contributed by atoms with Crippen LogP contribution in [0.15, 0.2) is 0 Å². The lowest BCUT2D eigenvalue weighted by Gasteiger charge is -2.22. The molecule has 3 heterocycles. The molecule has 1 aromatic heterocycles. The summed E-state index contributed by atoms with van der Waals surface area (Å²) < 4.78 is 8.10. The zero-order chi connectivity index (χ0) is 10.8. The fraction of sp³-hybridized carbons (Fsp3) is 0.818. The van der Waals surface area contributed by atoms with Gasteiger partial charge in [0, 0.05) is 13.0 Å². The number of rotatable bonds is 3. The van der Waals surface area contributed by atoms with Gasteiger partial charge in [-0.05, 0) is 32.4 Å². The van der Waals surface area contributed by atoms with Gasteiger partial charge in [0.05, 0.1) is 6.10 Å². The molecule has 5 nitrogen and oxygen atoms in total. The first-order valence-corrected chi connectivity index (χ1v) is 6.17. The number of hydrogen-bond donors (Lipinski definition) is 1. The zero-order valence-electron chi connectivity index (χ0n) is 9.48. The Morgan fingerprint density at radius 1 is 1.31 bits per heavy atom. The minimum atomic E-state index is 0.399. The molecule has 1 saturated heterocycles. The summed E-state index contributed by atoms with van der Waals surface area (Å²) in [6.45, 7) is 3.83. The van der Waals surface area contributed by atoms with E-state index in [0.717, 1.165) is 50.5 Å².